The van der Waals surface area contributed by atoms with E-state index in [4.69, 9.17) is 9.47 Å². The fourth-order valence-corrected chi connectivity index (χ4v) is 1.56. The van der Waals surface area contributed by atoms with Gasteiger partial charge in [0.25, 0.3) is 0 Å². The molecule has 1 rings (SSSR count). The minimum absolute atomic E-state index is 0.107. The summed E-state index contributed by atoms with van der Waals surface area (Å²) >= 11 is 0. The molecular weight excluding hydrogens is 256 g/mol. The number of carbonyl (C=O) groups is 1. The van der Waals surface area contributed by atoms with Gasteiger partial charge < -0.3 is 14.8 Å². The van der Waals surface area contributed by atoms with Gasteiger partial charge in [0.2, 0.25) is 11.8 Å². The Balaban J connectivity index is 2.34. The van der Waals surface area contributed by atoms with E-state index in [1.165, 1.54) is 0 Å². The van der Waals surface area contributed by atoms with Crippen molar-refractivity contribution < 1.29 is 14.3 Å². The van der Waals surface area contributed by atoms with Crippen molar-refractivity contribution in [3.05, 3.63) is 23.9 Å². The molecular formula is C15H24N2O3. The minimum atomic E-state index is -0.433. The monoisotopic (exact) mass is 280 g/mol. The molecule has 1 N–H and O–H groups in total. The molecule has 0 aromatic carbocycles. The number of methoxy groups -OCH3 is 1. The van der Waals surface area contributed by atoms with Gasteiger partial charge in [-0.2, -0.15) is 0 Å². The summed E-state index contributed by atoms with van der Waals surface area (Å²) in [6.45, 7) is 7.07. The van der Waals surface area contributed by atoms with Gasteiger partial charge in [-0.3, -0.25) is 4.79 Å². The van der Waals surface area contributed by atoms with Crippen LogP contribution in [0.5, 0.6) is 5.88 Å². The van der Waals surface area contributed by atoms with E-state index in [0.29, 0.717) is 24.9 Å². The zero-order chi connectivity index (χ0) is 15.0. The molecule has 1 atom stereocenters. The maximum atomic E-state index is 11.9. The van der Waals surface area contributed by atoms with Crippen molar-refractivity contribution in [2.24, 2.45) is 5.92 Å². The molecule has 0 aliphatic carbocycles. The molecule has 1 amide bonds. The topological polar surface area (TPSA) is 60.5 Å². The van der Waals surface area contributed by atoms with Crippen LogP contribution in [-0.2, 0) is 16.1 Å². The quantitative estimate of drug-likeness (QED) is 0.792. The Bertz CT molecular complexity index is 421. The lowest BCUT2D eigenvalue weighted by Gasteiger charge is -2.14. The van der Waals surface area contributed by atoms with E-state index in [-0.39, 0.29) is 5.91 Å². The Hall–Kier alpha value is -1.62. The van der Waals surface area contributed by atoms with Gasteiger partial charge in [-0.15, -0.1) is 0 Å². The number of nitrogens with zero attached hydrogens (tertiary/aromatic N) is 1. The molecule has 5 nitrogen and oxygen atoms in total. The summed E-state index contributed by atoms with van der Waals surface area (Å²) in [7, 11) is 1.56. The van der Waals surface area contributed by atoms with Crippen LogP contribution in [0.4, 0.5) is 0 Å². The minimum Gasteiger partial charge on any atom is -0.481 e. The fourth-order valence-electron chi connectivity index (χ4n) is 1.56. The van der Waals surface area contributed by atoms with Gasteiger partial charge in [-0.25, -0.2) is 4.98 Å². The molecule has 5 heteroatoms. The van der Waals surface area contributed by atoms with Gasteiger partial charge in [0, 0.05) is 25.4 Å². The first kappa shape index (κ1) is 16.4. The van der Waals surface area contributed by atoms with Crippen LogP contribution >= 0.6 is 0 Å². The fraction of sp³-hybridized carbons (Fsp3) is 0.600. The second-order valence-corrected chi connectivity index (χ2v) is 5.12. The first-order valence-corrected chi connectivity index (χ1v) is 6.91. The van der Waals surface area contributed by atoms with Gasteiger partial charge in [0.15, 0.2) is 0 Å². The van der Waals surface area contributed by atoms with E-state index >= 15 is 0 Å². The maximum Gasteiger partial charge on any atom is 0.249 e. The molecule has 20 heavy (non-hydrogen) atoms. The number of hydrogen-bond donors (Lipinski definition) is 1. The lowest BCUT2D eigenvalue weighted by Crippen LogP contribution is -2.34. The number of pyridine rings is 1. The molecule has 1 heterocycles. The van der Waals surface area contributed by atoms with E-state index in [2.05, 4.69) is 24.1 Å². The number of nitrogens with one attached hydrogen (secondary N) is 1. The molecule has 0 saturated heterocycles. The Morgan fingerprint density at radius 3 is 2.80 bits per heavy atom. The molecule has 0 saturated carbocycles. The van der Waals surface area contributed by atoms with Crippen molar-refractivity contribution in [3.8, 4) is 5.88 Å². The Kier molecular flexibility index (Phi) is 7.01. The number of ether oxygens (including phenoxy) is 2. The third kappa shape index (κ3) is 6.02. The van der Waals surface area contributed by atoms with Gasteiger partial charge >= 0.3 is 0 Å². The summed E-state index contributed by atoms with van der Waals surface area (Å²) in [4.78, 5) is 15.9. The Labute approximate surface area is 120 Å². The van der Waals surface area contributed by atoms with Crippen LogP contribution in [0.3, 0.4) is 0 Å². The summed E-state index contributed by atoms with van der Waals surface area (Å²) in [6.07, 6.45) is 2.18. The summed E-state index contributed by atoms with van der Waals surface area (Å²) in [6, 6.07) is 3.64. The average molecular weight is 280 g/mol. The van der Waals surface area contributed by atoms with Crippen molar-refractivity contribution in [1.29, 1.82) is 0 Å². The molecule has 0 aliphatic heterocycles. The van der Waals surface area contributed by atoms with Crippen molar-refractivity contribution in [3.63, 3.8) is 0 Å². The SMILES string of the molecule is COc1cc(CNC(=O)[C@@H](C)OCCC(C)C)ccn1. The molecule has 0 radical (unpaired) electrons. The molecule has 0 bridgehead atoms. The number of amides is 1. The zero-order valence-corrected chi connectivity index (χ0v) is 12.7. The highest BCUT2D eigenvalue weighted by molar-refractivity contribution is 5.80. The summed E-state index contributed by atoms with van der Waals surface area (Å²) in [5, 5.41) is 2.84. The van der Waals surface area contributed by atoms with E-state index in [0.717, 1.165) is 12.0 Å². The van der Waals surface area contributed by atoms with Gasteiger partial charge in [-0.1, -0.05) is 13.8 Å². The molecule has 112 valence electrons. The number of carbonyl (C=O) groups excluding carboxylic acids is 1. The first-order chi connectivity index (χ1) is 9.52. The summed E-state index contributed by atoms with van der Waals surface area (Å²) in [5.74, 6) is 1.01. The molecule has 0 aliphatic rings. The third-order valence-corrected chi connectivity index (χ3v) is 2.91. The van der Waals surface area contributed by atoms with Crippen LogP contribution in [0, 0.1) is 5.92 Å². The van der Waals surface area contributed by atoms with Crippen molar-refractivity contribution >= 4 is 5.91 Å². The van der Waals surface area contributed by atoms with Gasteiger partial charge in [0.1, 0.15) is 6.10 Å². The lowest BCUT2D eigenvalue weighted by atomic mass is 10.1. The summed E-state index contributed by atoms with van der Waals surface area (Å²) < 4.78 is 10.5. The van der Waals surface area contributed by atoms with Crippen LogP contribution in [0.25, 0.3) is 0 Å². The predicted octanol–water partition coefficient (Wildman–Crippen LogP) is 2.16. The summed E-state index contributed by atoms with van der Waals surface area (Å²) in [5.41, 5.74) is 0.944. The van der Waals surface area contributed by atoms with E-state index < -0.39 is 6.10 Å². The van der Waals surface area contributed by atoms with Crippen molar-refractivity contribution in [2.75, 3.05) is 13.7 Å². The maximum absolute atomic E-state index is 11.9. The highest BCUT2D eigenvalue weighted by Gasteiger charge is 2.13. The first-order valence-electron chi connectivity index (χ1n) is 6.91. The second kappa shape index (κ2) is 8.53. The van der Waals surface area contributed by atoms with Gasteiger partial charge in [-0.05, 0) is 30.9 Å². The van der Waals surface area contributed by atoms with Crippen molar-refractivity contribution in [1.82, 2.24) is 10.3 Å². The third-order valence-electron chi connectivity index (χ3n) is 2.91. The van der Waals surface area contributed by atoms with Crippen LogP contribution < -0.4 is 10.1 Å². The number of rotatable bonds is 8. The molecule has 1 aromatic heterocycles. The van der Waals surface area contributed by atoms with Crippen LogP contribution in [0.15, 0.2) is 18.3 Å². The van der Waals surface area contributed by atoms with Crippen LogP contribution in [-0.4, -0.2) is 30.7 Å². The largest absolute Gasteiger partial charge is 0.481 e. The van der Waals surface area contributed by atoms with Crippen LogP contribution in [0.2, 0.25) is 0 Å². The van der Waals surface area contributed by atoms with E-state index in [1.807, 2.05) is 6.07 Å². The Morgan fingerprint density at radius 2 is 2.15 bits per heavy atom. The highest BCUT2D eigenvalue weighted by Crippen LogP contribution is 2.08. The van der Waals surface area contributed by atoms with E-state index in [9.17, 15) is 4.79 Å². The molecule has 0 fully saturated rings. The van der Waals surface area contributed by atoms with Crippen molar-refractivity contribution in [2.45, 2.75) is 39.8 Å². The molecule has 0 unspecified atom stereocenters. The standard InChI is InChI=1S/C15H24N2O3/c1-11(2)6-8-20-12(3)15(18)17-10-13-5-7-16-14(9-13)19-4/h5,7,9,11-12H,6,8,10H2,1-4H3,(H,17,18)/t12-/m1/s1. The molecule has 1 aromatic rings. The number of hydrogen-bond acceptors (Lipinski definition) is 4. The molecule has 0 spiro atoms. The smallest absolute Gasteiger partial charge is 0.249 e. The second-order valence-electron chi connectivity index (χ2n) is 5.12. The highest BCUT2D eigenvalue weighted by atomic mass is 16.5. The van der Waals surface area contributed by atoms with E-state index in [1.54, 1.807) is 26.3 Å². The Morgan fingerprint density at radius 1 is 1.40 bits per heavy atom. The van der Waals surface area contributed by atoms with Gasteiger partial charge in [0.05, 0.1) is 7.11 Å². The predicted molar refractivity (Wildman–Crippen MR) is 77.5 cm³/mol. The van der Waals surface area contributed by atoms with Crippen LogP contribution in [0.1, 0.15) is 32.8 Å². The lowest BCUT2D eigenvalue weighted by molar-refractivity contribution is -0.132. The zero-order valence-electron chi connectivity index (χ0n) is 12.7. The average Bonchev–Trinajstić information content (AvgIpc) is 2.44. The number of aromatic nitrogens is 1. The normalized spacial score (nSPS) is 12.2.